The maximum atomic E-state index is 9.49. The van der Waals surface area contributed by atoms with Gasteiger partial charge in [0.05, 0.1) is 13.2 Å². The molecule has 0 aliphatic carbocycles. The zero-order valence-corrected chi connectivity index (χ0v) is 9.94. The number of benzene rings is 1. The van der Waals surface area contributed by atoms with E-state index in [1.165, 1.54) is 11.1 Å². The SMILES string of the molecule is COc1ccc(C)cc1CN1CCC(O)C1. The molecule has 1 aromatic rings. The zero-order valence-electron chi connectivity index (χ0n) is 9.94. The molecule has 1 N–H and O–H groups in total. The van der Waals surface area contributed by atoms with Crippen LogP contribution in [-0.4, -0.2) is 36.3 Å². The summed E-state index contributed by atoms with van der Waals surface area (Å²) < 4.78 is 5.35. The molecule has 1 heterocycles. The van der Waals surface area contributed by atoms with Gasteiger partial charge in [0, 0.05) is 25.2 Å². The molecule has 3 heteroatoms. The highest BCUT2D eigenvalue weighted by atomic mass is 16.5. The number of methoxy groups -OCH3 is 1. The second-order valence-electron chi connectivity index (χ2n) is 4.49. The van der Waals surface area contributed by atoms with E-state index in [1.807, 2.05) is 6.07 Å². The first-order chi connectivity index (χ1) is 7.69. The van der Waals surface area contributed by atoms with Crippen molar-refractivity contribution in [1.29, 1.82) is 0 Å². The van der Waals surface area contributed by atoms with Crippen molar-refractivity contribution in [2.45, 2.75) is 26.0 Å². The molecule has 0 bridgehead atoms. The Morgan fingerprint density at radius 2 is 2.31 bits per heavy atom. The van der Waals surface area contributed by atoms with E-state index >= 15 is 0 Å². The van der Waals surface area contributed by atoms with E-state index in [2.05, 4.69) is 24.0 Å². The van der Waals surface area contributed by atoms with Gasteiger partial charge in [0.1, 0.15) is 5.75 Å². The van der Waals surface area contributed by atoms with E-state index in [0.29, 0.717) is 0 Å². The molecule has 0 spiro atoms. The summed E-state index contributed by atoms with van der Waals surface area (Å²) in [4.78, 5) is 2.27. The molecule has 0 radical (unpaired) electrons. The van der Waals surface area contributed by atoms with Gasteiger partial charge in [-0.25, -0.2) is 0 Å². The largest absolute Gasteiger partial charge is 0.496 e. The first kappa shape index (κ1) is 11.4. The monoisotopic (exact) mass is 221 g/mol. The minimum Gasteiger partial charge on any atom is -0.496 e. The lowest BCUT2D eigenvalue weighted by Crippen LogP contribution is -2.21. The number of β-amino-alcohol motifs (C(OH)–C–C–N with tert-alkyl or cyclic N) is 1. The van der Waals surface area contributed by atoms with E-state index < -0.39 is 0 Å². The quantitative estimate of drug-likeness (QED) is 0.841. The maximum absolute atomic E-state index is 9.49. The van der Waals surface area contributed by atoms with Crippen LogP contribution in [0.25, 0.3) is 0 Å². The lowest BCUT2D eigenvalue weighted by atomic mass is 10.1. The Morgan fingerprint density at radius 3 is 2.94 bits per heavy atom. The Hall–Kier alpha value is -1.06. The van der Waals surface area contributed by atoms with Gasteiger partial charge in [-0.05, 0) is 19.4 Å². The molecule has 1 atom stereocenters. The summed E-state index contributed by atoms with van der Waals surface area (Å²) in [5.41, 5.74) is 2.45. The molecule has 88 valence electrons. The lowest BCUT2D eigenvalue weighted by Gasteiger charge is -2.17. The van der Waals surface area contributed by atoms with Crippen molar-refractivity contribution >= 4 is 0 Å². The van der Waals surface area contributed by atoms with Crippen molar-refractivity contribution < 1.29 is 9.84 Å². The fraction of sp³-hybridized carbons (Fsp3) is 0.538. The first-order valence-electron chi connectivity index (χ1n) is 5.73. The molecule has 1 fully saturated rings. The van der Waals surface area contributed by atoms with Gasteiger partial charge in [-0.15, -0.1) is 0 Å². The Morgan fingerprint density at radius 1 is 1.50 bits per heavy atom. The predicted molar refractivity (Wildman–Crippen MR) is 63.6 cm³/mol. The van der Waals surface area contributed by atoms with Crippen LogP contribution in [0, 0.1) is 6.92 Å². The van der Waals surface area contributed by atoms with Gasteiger partial charge in [-0.1, -0.05) is 17.7 Å². The van der Waals surface area contributed by atoms with Gasteiger partial charge >= 0.3 is 0 Å². The molecule has 1 aliphatic rings. The van der Waals surface area contributed by atoms with Crippen LogP contribution in [0.1, 0.15) is 17.5 Å². The van der Waals surface area contributed by atoms with Crippen LogP contribution >= 0.6 is 0 Å². The topological polar surface area (TPSA) is 32.7 Å². The highest BCUT2D eigenvalue weighted by molar-refractivity contribution is 5.36. The number of ether oxygens (including phenoxy) is 1. The zero-order chi connectivity index (χ0) is 11.5. The number of hydrogen-bond donors (Lipinski definition) is 1. The van der Waals surface area contributed by atoms with Crippen molar-refractivity contribution in [3.63, 3.8) is 0 Å². The predicted octanol–water partition coefficient (Wildman–Crippen LogP) is 1.57. The highest BCUT2D eigenvalue weighted by Crippen LogP contribution is 2.23. The van der Waals surface area contributed by atoms with Crippen LogP contribution in [0.4, 0.5) is 0 Å². The summed E-state index contributed by atoms with van der Waals surface area (Å²) in [7, 11) is 1.70. The molecule has 1 unspecified atom stereocenters. The number of hydrogen-bond acceptors (Lipinski definition) is 3. The van der Waals surface area contributed by atoms with Gasteiger partial charge in [0.25, 0.3) is 0 Å². The second-order valence-corrected chi connectivity index (χ2v) is 4.49. The Balaban J connectivity index is 2.10. The van der Waals surface area contributed by atoms with Crippen LogP contribution in [0.15, 0.2) is 18.2 Å². The number of likely N-dealkylation sites (tertiary alicyclic amines) is 1. The van der Waals surface area contributed by atoms with Crippen LogP contribution in [0.2, 0.25) is 0 Å². The van der Waals surface area contributed by atoms with Crippen LogP contribution in [0.5, 0.6) is 5.75 Å². The third kappa shape index (κ3) is 2.54. The molecule has 0 saturated carbocycles. The third-order valence-electron chi connectivity index (χ3n) is 3.08. The van der Waals surface area contributed by atoms with Crippen LogP contribution < -0.4 is 4.74 Å². The molecule has 1 aliphatic heterocycles. The standard InChI is InChI=1S/C13H19NO2/c1-10-3-4-13(16-2)11(7-10)8-14-6-5-12(15)9-14/h3-4,7,12,15H,5-6,8-9H2,1-2H3. The second kappa shape index (κ2) is 4.85. The number of rotatable bonds is 3. The number of aliphatic hydroxyl groups is 1. The minimum absolute atomic E-state index is 0.157. The summed E-state index contributed by atoms with van der Waals surface area (Å²) >= 11 is 0. The minimum atomic E-state index is -0.157. The molecule has 0 aromatic heterocycles. The summed E-state index contributed by atoms with van der Waals surface area (Å²) in [6, 6.07) is 6.22. The Bertz CT molecular complexity index is 365. The average Bonchev–Trinajstić information content (AvgIpc) is 2.64. The Labute approximate surface area is 96.6 Å². The average molecular weight is 221 g/mol. The number of aryl methyl sites for hydroxylation is 1. The third-order valence-corrected chi connectivity index (χ3v) is 3.08. The molecule has 1 aromatic carbocycles. The van der Waals surface area contributed by atoms with E-state index in [9.17, 15) is 5.11 Å². The van der Waals surface area contributed by atoms with Gasteiger partial charge in [0.15, 0.2) is 0 Å². The number of aliphatic hydroxyl groups excluding tert-OH is 1. The fourth-order valence-corrected chi connectivity index (χ4v) is 2.23. The summed E-state index contributed by atoms with van der Waals surface area (Å²) in [6.45, 7) is 4.69. The maximum Gasteiger partial charge on any atom is 0.123 e. The normalized spacial score (nSPS) is 21.3. The summed E-state index contributed by atoms with van der Waals surface area (Å²) in [6.07, 6.45) is 0.726. The summed E-state index contributed by atoms with van der Waals surface area (Å²) in [5.74, 6) is 0.937. The van der Waals surface area contributed by atoms with Gasteiger partial charge < -0.3 is 9.84 Å². The first-order valence-corrected chi connectivity index (χ1v) is 5.73. The van der Waals surface area contributed by atoms with Gasteiger partial charge in [0.2, 0.25) is 0 Å². The van der Waals surface area contributed by atoms with Crippen molar-refractivity contribution in [3.05, 3.63) is 29.3 Å². The Kier molecular flexibility index (Phi) is 3.46. The van der Waals surface area contributed by atoms with E-state index in [1.54, 1.807) is 7.11 Å². The molecule has 2 rings (SSSR count). The summed E-state index contributed by atoms with van der Waals surface area (Å²) in [5, 5.41) is 9.49. The van der Waals surface area contributed by atoms with E-state index in [0.717, 1.165) is 31.8 Å². The molecular formula is C13H19NO2. The van der Waals surface area contributed by atoms with Gasteiger partial charge in [-0.3, -0.25) is 4.90 Å². The molecule has 3 nitrogen and oxygen atoms in total. The van der Waals surface area contributed by atoms with Crippen molar-refractivity contribution in [3.8, 4) is 5.75 Å². The molecule has 0 amide bonds. The molecular weight excluding hydrogens is 202 g/mol. The van der Waals surface area contributed by atoms with Crippen molar-refractivity contribution in [1.82, 2.24) is 4.90 Å². The fourth-order valence-electron chi connectivity index (χ4n) is 2.23. The molecule has 16 heavy (non-hydrogen) atoms. The van der Waals surface area contributed by atoms with E-state index in [-0.39, 0.29) is 6.10 Å². The smallest absolute Gasteiger partial charge is 0.123 e. The van der Waals surface area contributed by atoms with Gasteiger partial charge in [-0.2, -0.15) is 0 Å². The highest BCUT2D eigenvalue weighted by Gasteiger charge is 2.20. The van der Waals surface area contributed by atoms with Crippen molar-refractivity contribution in [2.75, 3.05) is 20.2 Å². The molecule has 1 saturated heterocycles. The van der Waals surface area contributed by atoms with Crippen LogP contribution in [-0.2, 0) is 6.54 Å². The van der Waals surface area contributed by atoms with Crippen LogP contribution in [0.3, 0.4) is 0 Å². The van der Waals surface area contributed by atoms with Crippen molar-refractivity contribution in [2.24, 2.45) is 0 Å². The lowest BCUT2D eigenvalue weighted by molar-refractivity contribution is 0.174. The number of nitrogens with zero attached hydrogens (tertiary/aromatic N) is 1. The van der Waals surface area contributed by atoms with E-state index in [4.69, 9.17) is 4.74 Å².